The lowest BCUT2D eigenvalue weighted by molar-refractivity contribution is 0.115. The van der Waals surface area contributed by atoms with Gasteiger partial charge in [0.05, 0.1) is 19.2 Å². The van der Waals surface area contributed by atoms with Gasteiger partial charge in [0, 0.05) is 11.9 Å². The van der Waals surface area contributed by atoms with Crippen LogP contribution in [0.4, 0.5) is 0 Å². The molecule has 1 aliphatic rings. The van der Waals surface area contributed by atoms with Crippen molar-refractivity contribution in [3.63, 3.8) is 0 Å². The third kappa shape index (κ3) is 5.30. The Morgan fingerprint density at radius 2 is 2.24 bits per heavy atom. The normalized spacial score (nSPS) is 21.7. The monoisotopic (exact) mass is 258 g/mol. The molecule has 1 heterocycles. The van der Waals surface area contributed by atoms with Crippen molar-refractivity contribution in [2.24, 2.45) is 10.9 Å². The molecule has 1 rings (SSSR count). The lowest BCUT2D eigenvalue weighted by Gasteiger charge is -2.23. The van der Waals surface area contributed by atoms with Crippen molar-refractivity contribution in [1.29, 1.82) is 0 Å². The highest BCUT2D eigenvalue weighted by Crippen LogP contribution is 2.24. The van der Waals surface area contributed by atoms with Crippen molar-refractivity contribution in [2.45, 2.75) is 51.8 Å². The van der Waals surface area contributed by atoms with E-state index in [1.807, 2.05) is 18.7 Å². The number of nitrogens with zero attached hydrogens (tertiary/aromatic N) is 1. The second-order valence-electron chi connectivity index (χ2n) is 4.83. The van der Waals surface area contributed by atoms with E-state index in [0.717, 1.165) is 24.9 Å². The largest absolute Gasteiger partial charge is 0.380 e. The second-order valence-corrected chi connectivity index (χ2v) is 6.12. The number of thioether (sulfide) groups is 1. The highest BCUT2D eigenvalue weighted by molar-refractivity contribution is 8.14. The molecule has 4 heteroatoms. The van der Waals surface area contributed by atoms with E-state index < -0.39 is 0 Å². The van der Waals surface area contributed by atoms with Crippen LogP contribution in [0.1, 0.15) is 40.5 Å². The topological polar surface area (TPSA) is 33.6 Å². The van der Waals surface area contributed by atoms with E-state index in [2.05, 4.69) is 31.1 Å². The summed E-state index contributed by atoms with van der Waals surface area (Å²) in [5, 5.41) is 5.32. The number of rotatable bonds is 7. The Morgan fingerprint density at radius 3 is 2.82 bits per heavy atom. The molecule has 17 heavy (non-hydrogen) atoms. The Balaban J connectivity index is 2.35. The van der Waals surface area contributed by atoms with Crippen molar-refractivity contribution in [3.8, 4) is 0 Å². The van der Waals surface area contributed by atoms with Crippen LogP contribution in [0.2, 0.25) is 0 Å². The number of amidine groups is 1. The number of aliphatic imine (C=N–C) groups is 1. The molecule has 0 spiro atoms. The maximum atomic E-state index is 5.51. The molecule has 100 valence electrons. The fourth-order valence-corrected chi connectivity index (χ4v) is 2.96. The minimum absolute atomic E-state index is 0.376. The van der Waals surface area contributed by atoms with Crippen LogP contribution in [0, 0.1) is 5.92 Å². The Labute approximate surface area is 110 Å². The van der Waals surface area contributed by atoms with Crippen LogP contribution >= 0.6 is 11.8 Å². The van der Waals surface area contributed by atoms with Gasteiger partial charge in [-0.3, -0.25) is 4.99 Å². The molecule has 1 N–H and O–H groups in total. The number of hydrogen-bond acceptors (Lipinski definition) is 4. The predicted octanol–water partition coefficient (Wildman–Crippen LogP) is 2.91. The smallest absolute Gasteiger partial charge is 0.157 e. The minimum atomic E-state index is 0.376. The Bertz CT molecular complexity index is 244. The van der Waals surface area contributed by atoms with E-state index in [0.29, 0.717) is 17.2 Å². The zero-order valence-electron chi connectivity index (χ0n) is 11.5. The van der Waals surface area contributed by atoms with Gasteiger partial charge in [0.15, 0.2) is 5.17 Å². The van der Waals surface area contributed by atoms with E-state index in [4.69, 9.17) is 4.74 Å². The summed E-state index contributed by atoms with van der Waals surface area (Å²) in [7, 11) is 0. The van der Waals surface area contributed by atoms with Gasteiger partial charge in [-0.1, -0.05) is 39.0 Å². The molecule has 1 aliphatic heterocycles. The first kappa shape index (κ1) is 14.8. The summed E-state index contributed by atoms with van der Waals surface area (Å²) in [6.07, 6.45) is 2.50. The fourth-order valence-electron chi connectivity index (χ4n) is 1.77. The molecule has 0 aromatic rings. The van der Waals surface area contributed by atoms with Gasteiger partial charge in [0.1, 0.15) is 0 Å². The molecule has 2 atom stereocenters. The van der Waals surface area contributed by atoms with Gasteiger partial charge in [0.25, 0.3) is 0 Å². The van der Waals surface area contributed by atoms with Crippen LogP contribution in [0.15, 0.2) is 4.99 Å². The Morgan fingerprint density at radius 1 is 1.47 bits per heavy atom. The summed E-state index contributed by atoms with van der Waals surface area (Å²) in [4.78, 5) is 4.58. The maximum Gasteiger partial charge on any atom is 0.157 e. The molecule has 0 radical (unpaired) electrons. The van der Waals surface area contributed by atoms with Crippen LogP contribution < -0.4 is 5.32 Å². The lowest BCUT2D eigenvalue weighted by Crippen LogP contribution is -2.40. The van der Waals surface area contributed by atoms with Gasteiger partial charge < -0.3 is 10.1 Å². The summed E-state index contributed by atoms with van der Waals surface area (Å²) in [6, 6.07) is 0.376. The fraction of sp³-hybridized carbons (Fsp3) is 0.923. The first-order valence-corrected chi connectivity index (χ1v) is 7.60. The third-order valence-electron chi connectivity index (χ3n) is 2.94. The van der Waals surface area contributed by atoms with Gasteiger partial charge in [-0.25, -0.2) is 0 Å². The Hall–Kier alpha value is -0.220. The first-order valence-electron chi connectivity index (χ1n) is 6.72. The molecule has 3 nitrogen and oxygen atoms in total. The van der Waals surface area contributed by atoms with Crippen molar-refractivity contribution in [2.75, 3.05) is 19.8 Å². The molecule has 0 saturated carbocycles. The maximum absolute atomic E-state index is 5.51. The van der Waals surface area contributed by atoms with Crippen LogP contribution in [-0.2, 0) is 4.74 Å². The van der Waals surface area contributed by atoms with Gasteiger partial charge in [-0.15, -0.1) is 0 Å². The summed E-state index contributed by atoms with van der Waals surface area (Å²) < 4.78 is 5.51. The SMILES string of the molecule is CCCC1CN=C(NC(COCC)C(C)C)S1. The van der Waals surface area contributed by atoms with E-state index in [9.17, 15) is 0 Å². The molecule has 0 bridgehead atoms. The molecule has 0 amide bonds. The summed E-state index contributed by atoms with van der Waals surface area (Å²) >= 11 is 1.90. The van der Waals surface area contributed by atoms with Crippen molar-refractivity contribution in [1.82, 2.24) is 5.32 Å². The molecule has 0 saturated heterocycles. The zero-order chi connectivity index (χ0) is 12.7. The lowest BCUT2D eigenvalue weighted by atomic mass is 10.1. The number of ether oxygens (including phenoxy) is 1. The van der Waals surface area contributed by atoms with Crippen LogP contribution in [-0.4, -0.2) is 36.2 Å². The first-order chi connectivity index (χ1) is 8.17. The standard InChI is InChI=1S/C13H26N2OS/c1-5-7-11-8-14-13(17-11)15-12(10(3)4)9-16-6-2/h10-12H,5-9H2,1-4H3,(H,14,15). The summed E-state index contributed by atoms with van der Waals surface area (Å²) in [6.45, 7) is 11.2. The molecule has 0 fully saturated rings. The average molecular weight is 258 g/mol. The number of nitrogens with one attached hydrogen (secondary N) is 1. The van der Waals surface area contributed by atoms with Crippen LogP contribution in [0.25, 0.3) is 0 Å². The quantitative estimate of drug-likeness (QED) is 0.762. The van der Waals surface area contributed by atoms with Crippen LogP contribution in [0.5, 0.6) is 0 Å². The van der Waals surface area contributed by atoms with Crippen molar-refractivity contribution >= 4 is 16.9 Å². The highest BCUT2D eigenvalue weighted by atomic mass is 32.2. The van der Waals surface area contributed by atoms with E-state index >= 15 is 0 Å². The van der Waals surface area contributed by atoms with Gasteiger partial charge in [0.2, 0.25) is 0 Å². The van der Waals surface area contributed by atoms with Gasteiger partial charge in [-0.2, -0.15) is 0 Å². The Kier molecular flexibility index (Phi) is 6.97. The van der Waals surface area contributed by atoms with Gasteiger partial charge in [-0.05, 0) is 19.3 Å². The average Bonchev–Trinajstić information content (AvgIpc) is 2.72. The number of hydrogen-bond donors (Lipinski definition) is 1. The molecule has 0 aliphatic carbocycles. The van der Waals surface area contributed by atoms with Gasteiger partial charge >= 0.3 is 0 Å². The predicted molar refractivity (Wildman–Crippen MR) is 76.8 cm³/mol. The van der Waals surface area contributed by atoms with Crippen molar-refractivity contribution < 1.29 is 4.74 Å². The molecular weight excluding hydrogens is 232 g/mol. The van der Waals surface area contributed by atoms with E-state index in [1.165, 1.54) is 12.8 Å². The third-order valence-corrected chi connectivity index (χ3v) is 4.13. The second kappa shape index (κ2) is 7.98. The van der Waals surface area contributed by atoms with E-state index in [1.54, 1.807) is 0 Å². The zero-order valence-corrected chi connectivity index (χ0v) is 12.3. The van der Waals surface area contributed by atoms with E-state index in [-0.39, 0.29) is 0 Å². The minimum Gasteiger partial charge on any atom is -0.380 e. The molecule has 0 aromatic heterocycles. The molecule has 2 unspecified atom stereocenters. The summed E-state index contributed by atoms with van der Waals surface area (Å²) in [5.41, 5.74) is 0. The summed E-state index contributed by atoms with van der Waals surface area (Å²) in [5.74, 6) is 0.565. The molecule has 0 aromatic carbocycles. The van der Waals surface area contributed by atoms with Crippen molar-refractivity contribution in [3.05, 3.63) is 0 Å². The molecular formula is C13H26N2OS. The highest BCUT2D eigenvalue weighted by Gasteiger charge is 2.22. The van der Waals surface area contributed by atoms with Crippen LogP contribution in [0.3, 0.4) is 0 Å².